The van der Waals surface area contributed by atoms with Gasteiger partial charge in [-0.05, 0) is 44.7 Å². The number of benzene rings is 1. The molecule has 10 heteroatoms. The third-order valence-corrected chi connectivity index (χ3v) is 6.49. The fourth-order valence-corrected chi connectivity index (χ4v) is 4.66. The van der Waals surface area contributed by atoms with Crippen molar-refractivity contribution in [2.75, 3.05) is 0 Å². The molecule has 0 atom stereocenters. The standard InChI is InChI=1S/C23H25ClN4O5/c1-13-20-17(26-27-22(29)14-10-11-16(24)18(12-14)28(31)32)8-5-9-19(20)33-21(13)23(30)25-15-6-3-2-4-7-15/h10-12,15H,2-9H2,1H3,(H,25,30)(H,27,29)/b26-17+. The number of hydrogen-bond donors (Lipinski definition) is 2. The zero-order valence-corrected chi connectivity index (χ0v) is 19.0. The van der Waals surface area contributed by atoms with Crippen molar-refractivity contribution in [1.29, 1.82) is 0 Å². The third kappa shape index (κ3) is 4.93. The fourth-order valence-electron chi connectivity index (χ4n) is 4.47. The van der Waals surface area contributed by atoms with Crippen LogP contribution in [-0.4, -0.2) is 28.5 Å². The summed E-state index contributed by atoms with van der Waals surface area (Å²) in [4.78, 5) is 35.8. The van der Waals surface area contributed by atoms with E-state index in [2.05, 4.69) is 15.8 Å². The molecule has 0 aliphatic heterocycles. The summed E-state index contributed by atoms with van der Waals surface area (Å²) in [5.74, 6) is 0.166. The number of amides is 2. The Balaban J connectivity index is 1.53. The van der Waals surface area contributed by atoms with E-state index in [0.29, 0.717) is 35.6 Å². The van der Waals surface area contributed by atoms with Crippen molar-refractivity contribution in [3.63, 3.8) is 0 Å². The molecular weight excluding hydrogens is 448 g/mol. The molecular formula is C23H25ClN4O5. The van der Waals surface area contributed by atoms with E-state index in [1.807, 2.05) is 6.92 Å². The van der Waals surface area contributed by atoms with E-state index in [4.69, 9.17) is 16.0 Å². The van der Waals surface area contributed by atoms with Gasteiger partial charge in [-0.1, -0.05) is 30.9 Å². The molecule has 1 aromatic heterocycles. The lowest BCUT2D eigenvalue weighted by Crippen LogP contribution is -2.36. The number of carbonyl (C=O) groups is 2. The summed E-state index contributed by atoms with van der Waals surface area (Å²) in [6.45, 7) is 1.82. The topological polar surface area (TPSA) is 127 Å². The van der Waals surface area contributed by atoms with Crippen LogP contribution >= 0.6 is 11.6 Å². The molecule has 2 N–H and O–H groups in total. The van der Waals surface area contributed by atoms with E-state index in [9.17, 15) is 19.7 Å². The molecule has 2 amide bonds. The van der Waals surface area contributed by atoms with E-state index in [1.54, 1.807) is 0 Å². The van der Waals surface area contributed by atoms with Gasteiger partial charge in [0.1, 0.15) is 10.8 Å². The average Bonchev–Trinajstić information content (AvgIpc) is 3.15. The summed E-state index contributed by atoms with van der Waals surface area (Å²) in [7, 11) is 0. The van der Waals surface area contributed by atoms with Crippen LogP contribution in [0.3, 0.4) is 0 Å². The molecule has 4 rings (SSSR count). The van der Waals surface area contributed by atoms with Gasteiger partial charge in [0.05, 0.1) is 10.6 Å². The number of nitro groups is 1. The number of fused-ring (bicyclic) bond motifs is 1. The first-order valence-corrected chi connectivity index (χ1v) is 11.5. The summed E-state index contributed by atoms with van der Waals surface area (Å²) in [5, 5.41) is 18.4. The molecule has 0 spiro atoms. The maximum Gasteiger partial charge on any atom is 0.288 e. The first-order chi connectivity index (χ1) is 15.8. The summed E-state index contributed by atoms with van der Waals surface area (Å²) in [6.07, 6.45) is 7.46. The highest BCUT2D eigenvalue weighted by Crippen LogP contribution is 2.30. The van der Waals surface area contributed by atoms with Gasteiger partial charge in [-0.25, -0.2) is 5.43 Å². The number of aryl methyl sites for hydroxylation is 1. The summed E-state index contributed by atoms with van der Waals surface area (Å²) >= 11 is 5.81. The van der Waals surface area contributed by atoms with Crippen LogP contribution < -0.4 is 10.7 Å². The Morgan fingerprint density at radius 2 is 1.91 bits per heavy atom. The average molecular weight is 473 g/mol. The van der Waals surface area contributed by atoms with Crippen LogP contribution in [0.5, 0.6) is 0 Å². The Kier molecular flexibility index (Phi) is 6.78. The predicted molar refractivity (Wildman–Crippen MR) is 123 cm³/mol. The Morgan fingerprint density at radius 3 is 2.64 bits per heavy atom. The van der Waals surface area contributed by atoms with Crippen molar-refractivity contribution >= 4 is 34.8 Å². The van der Waals surface area contributed by atoms with Gasteiger partial charge in [0.2, 0.25) is 0 Å². The van der Waals surface area contributed by atoms with Gasteiger partial charge in [0.15, 0.2) is 5.76 Å². The molecule has 2 aromatic rings. The normalized spacial score (nSPS) is 17.5. The Hall–Kier alpha value is -3.20. The number of hydrogen-bond acceptors (Lipinski definition) is 6. The van der Waals surface area contributed by atoms with Gasteiger partial charge in [0.25, 0.3) is 17.5 Å². The number of halogens is 1. The molecule has 0 unspecified atom stereocenters. The highest BCUT2D eigenvalue weighted by Gasteiger charge is 2.29. The largest absolute Gasteiger partial charge is 0.455 e. The molecule has 1 saturated carbocycles. The monoisotopic (exact) mass is 472 g/mol. The predicted octanol–water partition coefficient (Wildman–Crippen LogP) is 4.68. The minimum Gasteiger partial charge on any atom is -0.455 e. The lowest BCUT2D eigenvalue weighted by molar-refractivity contribution is -0.384. The van der Waals surface area contributed by atoms with Crippen molar-refractivity contribution in [3.8, 4) is 0 Å². The lowest BCUT2D eigenvalue weighted by atomic mass is 9.93. The Bertz CT molecular complexity index is 1130. The second-order valence-electron chi connectivity index (χ2n) is 8.44. The number of hydrazone groups is 1. The summed E-state index contributed by atoms with van der Waals surface area (Å²) < 4.78 is 5.92. The van der Waals surface area contributed by atoms with E-state index < -0.39 is 10.8 Å². The van der Waals surface area contributed by atoms with Crippen molar-refractivity contribution in [2.45, 2.75) is 64.3 Å². The van der Waals surface area contributed by atoms with Gasteiger partial charge < -0.3 is 9.73 Å². The number of rotatable bonds is 5. The summed E-state index contributed by atoms with van der Waals surface area (Å²) in [5.41, 5.74) is 4.26. The minimum absolute atomic E-state index is 0.0483. The lowest BCUT2D eigenvalue weighted by Gasteiger charge is -2.22. The quantitative estimate of drug-likeness (QED) is 0.482. The number of nitro benzene ring substituents is 1. The van der Waals surface area contributed by atoms with Gasteiger partial charge in [0, 0.05) is 35.2 Å². The molecule has 0 bridgehead atoms. The Morgan fingerprint density at radius 1 is 1.15 bits per heavy atom. The van der Waals surface area contributed by atoms with Gasteiger partial charge in [-0.15, -0.1) is 0 Å². The molecule has 0 saturated heterocycles. The molecule has 2 aliphatic carbocycles. The molecule has 0 radical (unpaired) electrons. The molecule has 33 heavy (non-hydrogen) atoms. The molecule has 1 heterocycles. The van der Waals surface area contributed by atoms with Crippen LogP contribution in [0.25, 0.3) is 0 Å². The SMILES string of the molecule is Cc1c(C(=O)NC2CCCCC2)oc2c1/C(=N/NC(=O)c1ccc(Cl)c([N+](=O)[O-])c1)CCC2. The van der Waals surface area contributed by atoms with E-state index in [1.165, 1.54) is 18.6 Å². The fraction of sp³-hybridized carbons (Fsp3) is 0.435. The van der Waals surface area contributed by atoms with Crippen LogP contribution in [-0.2, 0) is 6.42 Å². The van der Waals surface area contributed by atoms with Crippen molar-refractivity contribution in [2.24, 2.45) is 5.10 Å². The highest BCUT2D eigenvalue weighted by atomic mass is 35.5. The van der Waals surface area contributed by atoms with Gasteiger partial charge in [-0.2, -0.15) is 5.10 Å². The molecule has 9 nitrogen and oxygen atoms in total. The Labute approximate surface area is 195 Å². The van der Waals surface area contributed by atoms with Crippen LogP contribution in [0, 0.1) is 17.0 Å². The second-order valence-corrected chi connectivity index (χ2v) is 8.85. The van der Waals surface area contributed by atoms with Crippen molar-refractivity contribution < 1.29 is 18.9 Å². The van der Waals surface area contributed by atoms with E-state index in [0.717, 1.165) is 43.7 Å². The zero-order chi connectivity index (χ0) is 23.5. The molecule has 2 aliphatic rings. The number of carbonyl (C=O) groups excluding carboxylic acids is 2. The smallest absolute Gasteiger partial charge is 0.288 e. The number of furan rings is 1. The molecule has 1 aromatic carbocycles. The number of nitrogens with one attached hydrogen (secondary N) is 2. The molecule has 174 valence electrons. The first-order valence-electron chi connectivity index (χ1n) is 11.1. The maximum absolute atomic E-state index is 12.8. The van der Waals surface area contributed by atoms with Gasteiger partial charge >= 0.3 is 0 Å². The van der Waals surface area contributed by atoms with Crippen LogP contribution in [0.2, 0.25) is 5.02 Å². The van der Waals surface area contributed by atoms with Crippen molar-refractivity contribution in [3.05, 3.63) is 61.5 Å². The van der Waals surface area contributed by atoms with E-state index in [-0.39, 0.29) is 28.2 Å². The van der Waals surface area contributed by atoms with Gasteiger partial charge in [-0.3, -0.25) is 19.7 Å². The highest BCUT2D eigenvalue weighted by molar-refractivity contribution is 6.32. The maximum atomic E-state index is 12.8. The van der Waals surface area contributed by atoms with Crippen LogP contribution in [0.15, 0.2) is 27.7 Å². The van der Waals surface area contributed by atoms with Crippen molar-refractivity contribution in [1.82, 2.24) is 10.7 Å². The van der Waals surface area contributed by atoms with Crippen LogP contribution in [0.4, 0.5) is 5.69 Å². The third-order valence-electron chi connectivity index (χ3n) is 6.17. The second kappa shape index (κ2) is 9.74. The first kappa shape index (κ1) is 23.0. The number of nitrogens with zero attached hydrogens (tertiary/aromatic N) is 2. The zero-order valence-electron chi connectivity index (χ0n) is 18.3. The van der Waals surface area contributed by atoms with Crippen LogP contribution in [0.1, 0.15) is 82.7 Å². The summed E-state index contributed by atoms with van der Waals surface area (Å²) in [6, 6.07) is 3.98. The minimum atomic E-state index is -0.646. The molecule has 1 fully saturated rings. The van der Waals surface area contributed by atoms with E-state index >= 15 is 0 Å².